The van der Waals surface area contributed by atoms with Crippen molar-refractivity contribution in [1.29, 1.82) is 0 Å². The summed E-state index contributed by atoms with van der Waals surface area (Å²) in [6, 6.07) is 11.3. The zero-order valence-electron chi connectivity index (χ0n) is 14.5. The molecular formula is C20H23ClN2O2. The van der Waals surface area contributed by atoms with Crippen LogP contribution in [-0.2, 0) is 4.74 Å². The second kappa shape index (κ2) is 8.45. The Labute approximate surface area is 153 Å². The highest BCUT2D eigenvalue weighted by atomic mass is 35.5. The molecule has 3 rings (SSSR count). The second-order valence-electron chi connectivity index (χ2n) is 6.27. The fourth-order valence-electron chi connectivity index (χ4n) is 3.09. The number of likely N-dealkylation sites (N-methyl/N-ethyl adjacent to an activating group) is 1. The van der Waals surface area contributed by atoms with Crippen molar-refractivity contribution in [3.63, 3.8) is 0 Å². The van der Waals surface area contributed by atoms with Gasteiger partial charge in [-0.25, -0.2) is 0 Å². The van der Waals surface area contributed by atoms with E-state index in [9.17, 15) is 4.79 Å². The van der Waals surface area contributed by atoms with Crippen LogP contribution in [0.25, 0.3) is 11.3 Å². The molecule has 0 bridgehead atoms. The standard InChI is InChI=1S/C20H23ClN2O2/c1-2-23(14-18-8-3-4-11-25-18)20(24)16-7-5-6-15(12-16)19-10-9-17(21)13-22-19/h5-7,9-10,12-13,18H,2-4,8,11,14H2,1H3/t18-/m1/s1. The minimum atomic E-state index is 0.0347. The third kappa shape index (κ3) is 4.59. The molecule has 0 spiro atoms. The average molecular weight is 359 g/mol. The zero-order valence-corrected chi connectivity index (χ0v) is 15.2. The van der Waals surface area contributed by atoms with Crippen LogP contribution < -0.4 is 0 Å². The highest BCUT2D eigenvalue weighted by molar-refractivity contribution is 6.30. The lowest BCUT2D eigenvalue weighted by atomic mass is 10.1. The second-order valence-corrected chi connectivity index (χ2v) is 6.71. The lowest BCUT2D eigenvalue weighted by Gasteiger charge is -2.29. The van der Waals surface area contributed by atoms with Crippen molar-refractivity contribution in [2.24, 2.45) is 0 Å². The lowest BCUT2D eigenvalue weighted by Crippen LogP contribution is -2.39. The van der Waals surface area contributed by atoms with Gasteiger partial charge in [-0.3, -0.25) is 9.78 Å². The van der Waals surface area contributed by atoms with Crippen molar-refractivity contribution in [2.75, 3.05) is 19.7 Å². The topological polar surface area (TPSA) is 42.4 Å². The predicted molar refractivity (Wildman–Crippen MR) is 99.9 cm³/mol. The van der Waals surface area contributed by atoms with Crippen LogP contribution in [0.2, 0.25) is 5.02 Å². The summed E-state index contributed by atoms with van der Waals surface area (Å²) < 4.78 is 5.78. The number of nitrogens with zero attached hydrogens (tertiary/aromatic N) is 2. The van der Waals surface area contributed by atoms with E-state index < -0.39 is 0 Å². The Hall–Kier alpha value is -1.91. The Morgan fingerprint density at radius 1 is 1.32 bits per heavy atom. The monoisotopic (exact) mass is 358 g/mol. The number of hydrogen-bond donors (Lipinski definition) is 0. The lowest BCUT2D eigenvalue weighted by molar-refractivity contribution is -0.00311. The Morgan fingerprint density at radius 3 is 2.88 bits per heavy atom. The first-order chi connectivity index (χ1) is 12.2. The van der Waals surface area contributed by atoms with Crippen LogP contribution in [0.3, 0.4) is 0 Å². The highest BCUT2D eigenvalue weighted by Crippen LogP contribution is 2.21. The number of rotatable bonds is 5. The first kappa shape index (κ1) is 17.9. The molecule has 1 atom stereocenters. The molecule has 1 aromatic heterocycles. The Bertz CT molecular complexity index is 712. The van der Waals surface area contributed by atoms with Gasteiger partial charge in [-0.05, 0) is 50.5 Å². The van der Waals surface area contributed by atoms with Gasteiger partial charge in [0.15, 0.2) is 0 Å². The van der Waals surface area contributed by atoms with Crippen LogP contribution in [0.1, 0.15) is 36.5 Å². The summed E-state index contributed by atoms with van der Waals surface area (Å²) in [7, 11) is 0. The van der Waals surface area contributed by atoms with Crippen molar-refractivity contribution in [3.8, 4) is 11.3 Å². The number of ether oxygens (including phenoxy) is 1. The molecule has 4 nitrogen and oxygen atoms in total. The molecule has 1 saturated heterocycles. The highest BCUT2D eigenvalue weighted by Gasteiger charge is 2.21. The fourth-order valence-corrected chi connectivity index (χ4v) is 3.21. The molecule has 5 heteroatoms. The largest absolute Gasteiger partial charge is 0.376 e. The van der Waals surface area contributed by atoms with E-state index >= 15 is 0 Å². The van der Waals surface area contributed by atoms with Crippen LogP contribution in [0, 0.1) is 0 Å². The molecule has 1 aliphatic rings. The maximum Gasteiger partial charge on any atom is 0.253 e. The van der Waals surface area contributed by atoms with Gasteiger partial charge in [-0.15, -0.1) is 0 Å². The summed E-state index contributed by atoms with van der Waals surface area (Å²) in [5, 5.41) is 0.598. The summed E-state index contributed by atoms with van der Waals surface area (Å²) in [5.41, 5.74) is 2.39. The van der Waals surface area contributed by atoms with Crippen molar-refractivity contribution < 1.29 is 9.53 Å². The van der Waals surface area contributed by atoms with E-state index in [1.54, 1.807) is 12.3 Å². The molecule has 1 aliphatic heterocycles. The number of amides is 1. The molecule has 0 saturated carbocycles. The van der Waals surface area contributed by atoms with Crippen LogP contribution in [0.4, 0.5) is 0 Å². The van der Waals surface area contributed by atoms with Crippen LogP contribution in [0.5, 0.6) is 0 Å². The average Bonchev–Trinajstić information content (AvgIpc) is 2.67. The molecule has 0 radical (unpaired) electrons. The summed E-state index contributed by atoms with van der Waals surface area (Å²) in [5.74, 6) is 0.0347. The maximum absolute atomic E-state index is 12.9. The Kier molecular flexibility index (Phi) is 6.05. The molecule has 2 aromatic rings. The zero-order chi connectivity index (χ0) is 17.6. The molecule has 1 amide bonds. The Balaban J connectivity index is 1.76. The first-order valence-electron chi connectivity index (χ1n) is 8.80. The number of halogens is 1. The summed E-state index contributed by atoms with van der Waals surface area (Å²) in [6.45, 7) is 4.13. The van der Waals surface area contributed by atoms with Crippen LogP contribution in [-0.4, -0.2) is 41.6 Å². The number of aromatic nitrogens is 1. The van der Waals surface area contributed by atoms with Gasteiger partial charge in [0, 0.05) is 37.0 Å². The molecule has 2 heterocycles. The Morgan fingerprint density at radius 2 is 2.20 bits per heavy atom. The molecule has 0 N–H and O–H groups in total. The third-order valence-electron chi connectivity index (χ3n) is 4.50. The van der Waals surface area contributed by atoms with E-state index in [1.807, 2.05) is 42.2 Å². The van der Waals surface area contributed by atoms with Gasteiger partial charge in [-0.1, -0.05) is 23.7 Å². The third-order valence-corrected chi connectivity index (χ3v) is 4.72. The molecule has 0 unspecified atom stereocenters. The van der Waals surface area contributed by atoms with Crippen molar-refractivity contribution >= 4 is 17.5 Å². The normalized spacial score (nSPS) is 17.3. The molecule has 1 aromatic carbocycles. The number of carbonyl (C=O) groups excluding carboxylic acids is 1. The van der Waals surface area contributed by atoms with Gasteiger partial charge in [0.1, 0.15) is 0 Å². The van der Waals surface area contributed by atoms with Gasteiger partial charge in [0.2, 0.25) is 0 Å². The number of benzene rings is 1. The van der Waals surface area contributed by atoms with Gasteiger partial charge in [0.25, 0.3) is 5.91 Å². The van der Waals surface area contributed by atoms with E-state index in [1.165, 1.54) is 6.42 Å². The van der Waals surface area contributed by atoms with Crippen molar-refractivity contribution in [2.45, 2.75) is 32.3 Å². The fraction of sp³-hybridized carbons (Fsp3) is 0.400. The van der Waals surface area contributed by atoms with Crippen LogP contribution in [0.15, 0.2) is 42.6 Å². The molecule has 132 valence electrons. The molecule has 1 fully saturated rings. The van der Waals surface area contributed by atoms with Gasteiger partial charge >= 0.3 is 0 Å². The van der Waals surface area contributed by atoms with Gasteiger partial charge in [-0.2, -0.15) is 0 Å². The van der Waals surface area contributed by atoms with E-state index in [4.69, 9.17) is 16.3 Å². The van der Waals surface area contributed by atoms with E-state index in [0.29, 0.717) is 23.7 Å². The van der Waals surface area contributed by atoms with E-state index in [2.05, 4.69) is 4.98 Å². The molecule has 25 heavy (non-hydrogen) atoms. The SMILES string of the molecule is CCN(C[C@H]1CCCCO1)C(=O)c1cccc(-c2ccc(Cl)cn2)c1. The van der Waals surface area contributed by atoms with Crippen molar-refractivity contribution in [1.82, 2.24) is 9.88 Å². The predicted octanol–water partition coefficient (Wildman–Crippen LogP) is 4.43. The van der Waals surface area contributed by atoms with Crippen molar-refractivity contribution in [3.05, 3.63) is 53.2 Å². The summed E-state index contributed by atoms with van der Waals surface area (Å²) in [4.78, 5) is 19.1. The number of hydrogen-bond acceptors (Lipinski definition) is 3. The number of carbonyl (C=O) groups is 1. The van der Waals surface area contributed by atoms with Crippen LogP contribution >= 0.6 is 11.6 Å². The maximum atomic E-state index is 12.9. The summed E-state index contributed by atoms with van der Waals surface area (Å²) in [6.07, 6.45) is 5.09. The first-order valence-corrected chi connectivity index (χ1v) is 9.18. The minimum absolute atomic E-state index is 0.0347. The quantitative estimate of drug-likeness (QED) is 0.793. The molecule has 0 aliphatic carbocycles. The number of pyridine rings is 1. The minimum Gasteiger partial charge on any atom is -0.376 e. The molecular weight excluding hydrogens is 336 g/mol. The van der Waals surface area contributed by atoms with Gasteiger partial charge < -0.3 is 9.64 Å². The summed E-state index contributed by atoms with van der Waals surface area (Å²) >= 11 is 5.90. The van der Waals surface area contributed by atoms with Gasteiger partial charge in [0.05, 0.1) is 16.8 Å². The van der Waals surface area contributed by atoms with E-state index in [0.717, 1.165) is 30.7 Å². The van der Waals surface area contributed by atoms with E-state index in [-0.39, 0.29) is 12.0 Å². The smallest absolute Gasteiger partial charge is 0.253 e.